The Morgan fingerprint density at radius 3 is 1.21 bits per heavy atom. The predicted octanol–water partition coefficient (Wildman–Crippen LogP) is 6.38. The highest BCUT2D eigenvalue weighted by atomic mass is 16.5. The van der Waals surface area contributed by atoms with Crippen LogP contribution in [0.3, 0.4) is 0 Å². The summed E-state index contributed by atoms with van der Waals surface area (Å²) in [6.45, 7) is 0. The van der Waals surface area contributed by atoms with Gasteiger partial charge in [-0.05, 0) is 71.8 Å². The Bertz CT molecular complexity index is 1380. The molecule has 0 aromatic heterocycles. The second-order valence-corrected chi connectivity index (χ2v) is 8.43. The summed E-state index contributed by atoms with van der Waals surface area (Å²) in [5.41, 5.74) is 2.34. The van der Waals surface area contributed by atoms with Crippen LogP contribution in [-0.2, 0) is 9.59 Å². The normalized spacial score (nSPS) is 10.9. The number of carbonyl (C=O) groups is 4. The highest BCUT2D eigenvalue weighted by Gasteiger charge is 2.09. The van der Waals surface area contributed by atoms with Crippen LogP contribution in [0.5, 0.6) is 11.5 Å². The third-order valence-corrected chi connectivity index (χ3v) is 5.47. The van der Waals surface area contributed by atoms with Gasteiger partial charge in [0.1, 0.15) is 11.5 Å². The maximum absolute atomic E-state index is 12.2. The van der Waals surface area contributed by atoms with Gasteiger partial charge in [-0.3, -0.25) is 9.59 Å². The average Bonchev–Trinajstić information content (AvgIpc) is 2.97. The molecule has 4 aromatic rings. The second kappa shape index (κ2) is 13.3. The highest BCUT2D eigenvalue weighted by molar-refractivity contribution is 6.10. The van der Waals surface area contributed by atoms with E-state index < -0.39 is 11.9 Å². The lowest BCUT2D eigenvalue weighted by atomic mass is 10.1. The molecule has 6 heteroatoms. The SMILES string of the molecule is O=C(/C=C/c1ccc(OC(=O)c2ccccc2)cc1)CC(=O)/C=C/c1ccc(OC(=O)c2ccccc2)cc1. The molecule has 0 bridgehead atoms. The van der Waals surface area contributed by atoms with Gasteiger partial charge in [-0.2, -0.15) is 0 Å². The zero-order chi connectivity index (χ0) is 27.5. The van der Waals surface area contributed by atoms with Gasteiger partial charge in [0, 0.05) is 0 Å². The minimum absolute atomic E-state index is 0.271. The summed E-state index contributed by atoms with van der Waals surface area (Å²) in [4.78, 5) is 48.7. The summed E-state index contributed by atoms with van der Waals surface area (Å²) in [6, 6.07) is 30.7. The Hall–Kier alpha value is -5.36. The fourth-order valence-electron chi connectivity index (χ4n) is 3.44. The smallest absolute Gasteiger partial charge is 0.343 e. The molecule has 0 fully saturated rings. The number of carbonyl (C=O) groups excluding carboxylic acids is 4. The molecule has 6 nitrogen and oxygen atoms in total. The summed E-state index contributed by atoms with van der Waals surface area (Å²) in [6.07, 6.45) is 5.60. The van der Waals surface area contributed by atoms with Crippen LogP contribution in [0, 0.1) is 0 Å². The van der Waals surface area contributed by atoms with E-state index >= 15 is 0 Å². The first kappa shape index (κ1) is 26.7. The van der Waals surface area contributed by atoms with Crippen molar-refractivity contribution in [3.05, 3.63) is 144 Å². The summed E-state index contributed by atoms with van der Waals surface area (Å²) in [7, 11) is 0. The van der Waals surface area contributed by atoms with Crippen molar-refractivity contribution in [1.29, 1.82) is 0 Å². The largest absolute Gasteiger partial charge is 0.423 e. The van der Waals surface area contributed by atoms with E-state index in [4.69, 9.17) is 9.47 Å². The van der Waals surface area contributed by atoms with Crippen LogP contribution < -0.4 is 9.47 Å². The van der Waals surface area contributed by atoms with E-state index in [2.05, 4.69) is 0 Å². The van der Waals surface area contributed by atoms with Crippen molar-refractivity contribution in [3.8, 4) is 11.5 Å². The Morgan fingerprint density at radius 1 is 0.487 bits per heavy atom. The molecule has 0 N–H and O–H groups in total. The van der Waals surface area contributed by atoms with Gasteiger partial charge in [0.15, 0.2) is 11.6 Å². The Balaban J connectivity index is 1.23. The number of hydrogen-bond acceptors (Lipinski definition) is 6. The molecule has 4 aromatic carbocycles. The topological polar surface area (TPSA) is 86.7 Å². The first-order valence-electron chi connectivity index (χ1n) is 12.1. The molecule has 0 aliphatic carbocycles. The summed E-state index contributed by atoms with van der Waals surface area (Å²) >= 11 is 0. The van der Waals surface area contributed by atoms with Gasteiger partial charge < -0.3 is 9.47 Å². The molecule has 0 saturated heterocycles. The number of rotatable bonds is 10. The summed E-state index contributed by atoms with van der Waals surface area (Å²) in [5.74, 6) is -0.823. The first-order chi connectivity index (χ1) is 19.0. The van der Waals surface area contributed by atoms with E-state index in [1.165, 1.54) is 12.2 Å². The number of benzene rings is 4. The molecule has 0 radical (unpaired) electrons. The fraction of sp³-hybridized carbons (Fsp3) is 0.0303. The molecule has 0 aliphatic rings. The van der Waals surface area contributed by atoms with E-state index in [0.717, 1.165) is 11.1 Å². The van der Waals surface area contributed by atoms with Gasteiger partial charge in [-0.1, -0.05) is 72.8 Å². The molecular weight excluding hydrogens is 492 g/mol. The van der Waals surface area contributed by atoms with Gasteiger partial charge >= 0.3 is 11.9 Å². The van der Waals surface area contributed by atoms with E-state index in [0.29, 0.717) is 22.6 Å². The minimum Gasteiger partial charge on any atom is -0.423 e. The van der Waals surface area contributed by atoms with Gasteiger partial charge in [-0.25, -0.2) is 9.59 Å². The van der Waals surface area contributed by atoms with E-state index in [1.54, 1.807) is 109 Å². The van der Waals surface area contributed by atoms with Crippen LogP contribution in [0.2, 0.25) is 0 Å². The lowest BCUT2D eigenvalue weighted by molar-refractivity contribution is -0.121. The molecule has 4 rings (SSSR count). The number of ketones is 2. The Morgan fingerprint density at radius 2 is 0.846 bits per heavy atom. The highest BCUT2D eigenvalue weighted by Crippen LogP contribution is 2.17. The van der Waals surface area contributed by atoms with Crippen molar-refractivity contribution in [2.45, 2.75) is 6.42 Å². The van der Waals surface area contributed by atoms with Crippen molar-refractivity contribution in [2.24, 2.45) is 0 Å². The van der Waals surface area contributed by atoms with Crippen LogP contribution in [0.1, 0.15) is 38.3 Å². The Labute approximate surface area is 225 Å². The van der Waals surface area contributed by atoms with Gasteiger partial charge in [-0.15, -0.1) is 0 Å². The standard InChI is InChI=1S/C33H24O6/c34-28(17-11-24-13-19-30(20-14-24)38-32(36)26-7-3-1-4-8-26)23-29(35)18-12-25-15-21-31(22-16-25)39-33(37)27-9-5-2-6-10-27/h1-22H,23H2/b17-11+,18-12+. The summed E-state index contributed by atoms with van der Waals surface area (Å²) < 4.78 is 10.7. The summed E-state index contributed by atoms with van der Waals surface area (Å²) in [5, 5.41) is 0. The van der Waals surface area contributed by atoms with Crippen molar-refractivity contribution in [1.82, 2.24) is 0 Å². The third-order valence-electron chi connectivity index (χ3n) is 5.47. The van der Waals surface area contributed by atoms with Crippen LogP contribution in [0.25, 0.3) is 12.2 Å². The van der Waals surface area contributed by atoms with Gasteiger partial charge in [0.2, 0.25) is 0 Å². The van der Waals surface area contributed by atoms with Crippen LogP contribution in [0.15, 0.2) is 121 Å². The van der Waals surface area contributed by atoms with E-state index in [-0.39, 0.29) is 18.0 Å². The molecule has 0 atom stereocenters. The number of hydrogen-bond donors (Lipinski definition) is 0. The maximum atomic E-state index is 12.2. The van der Waals surface area contributed by atoms with Crippen molar-refractivity contribution < 1.29 is 28.7 Å². The number of allylic oxidation sites excluding steroid dienone is 2. The first-order valence-corrected chi connectivity index (χ1v) is 12.1. The molecular formula is C33H24O6. The molecule has 0 amide bonds. The zero-order valence-electron chi connectivity index (χ0n) is 20.9. The van der Waals surface area contributed by atoms with E-state index in [9.17, 15) is 19.2 Å². The van der Waals surface area contributed by atoms with E-state index in [1.807, 2.05) is 12.1 Å². The average molecular weight is 517 g/mol. The van der Waals surface area contributed by atoms with Crippen molar-refractivity contribution in [3.63, 3.8) is 0 Å². The molecule has 0 saturated carbocycles. The molecule has 192 valence electrons. The zero-order valence-corrected chi connectivity index (χ0v) is 20.9. The quantitative estimate of drug-likeness (QED) is 0.105. The Kier molecular flexibility index (Phi) is 9.08. The minimum atomic E-state index is -0.455. The lowest BCUT2D eigenvalue weighted by Crippen LogP contribution is -2.07. The monoisotopic (exact) mass is 516 g/mol. The van der Waals surface area contributed by atoms with Crippen molar-refractivity contribution in [2.75, 3.05) is 0 Å². The number of esters is 2. The van der Waals surface area contributed by atoms with Crippen LogP contribution in [0.4, 0.5) is 0 Å². The van der Waals surface area contributed by atoms with Crippen LogP contribution >= 0.6 is 0 Å². The molecule has 0 heterocycles. The van der Waals surface area contributed by atoms with Crippen LogP contribution in [-0.4, -0.2) is 23.5 Å². The number of ether oxygens (including phenoxy) is 2. The molecule has 0 unspecified atom stereocenters. The maximum Gasteiger partial charge on any atom is 0.343 e. The molecule has 0 spiro atoms. The van der Waals surface area contributed by atoms with Crippen molar-refractivity contribution >= 4 is 35.7 Å². The van der Waals surface area contributed by atoms with Gasteiger partial charge in [0.25, 0.3) is 0 Å². The third kappa shape index (κ3) is 8.33. The second-order valence-electron chi connectivity index (χ2n) is 8.43. The lowest BCUT2D eigenvalue weighted by Gasteiger charge is -2.04. The van der Waals surface area contributed by atoms with Gasteiger partial charge in [0.05, 0.1) is 17.5 Å². The molecule has 39 heavy (non-hydrogen) atoms. The molecule has 0 aliphatic heterocycles. The predicted molar refractivity (Wildman–Crippen MR) is 148 cm³/mol. The fourth-order valence-corrected chi connectivity index (χ4v) is 3.44.